The molecule has 12 heavy (non-hydrogen) atoms. The lowest BCUT2D eigenvalue weighted by molar-refractivity contribution is 0.176. The first-order valence-corrected chi connectivity index (χ1v) is 5.23. The molecule has 0 bridgehead atoms. The summed E-state index contributed by atoms with van der Waals surface area (Å²) < 4.78 is 0. The van der Waals surface area contributed by atoms with Crippen molar-refractivity contribution in [1.82, 2.24) is 4.90 Å². The Bertz CT molecular complexity index is 158. The van der Waals surface area contributed by atoms with Crippen LogP contribution in [0.15, 0.2) is 0 Å². The fraction of sp³-hybridized carbons (Fsp3) is 1.00. The van der Waals surface area contributed by atoms with E-state index in [-0.39, 0.29) is 6.10 Å². The molecule has 2 aliphatic rings. The Balaban J connectivity index is 1.94. The van der Waals surface area contributed by atoms with Crippen molar-refractivity contribution in [2.45, 2.75) is 44.8 Å². The molecule has 0 amide bonds. The minimum absolute atomic E-state index is 0.0327. The molecule has 0 aliphatic carbocycles. The molecule has 0 aromatic rings. The van der Waals surface area contributed by atoms with Gasteiger partial charge in [-0.25, -0.2) is 0 Å². The van der Waals surface area contributed by atoms with E-state index >= 15 is 0 Å². The predicted molar refractivity (Wildman–Crippen MR) is 49.0 cm³/mol. The summed E-state index contributed by atoms with van der Waals surface area (Å²) in [4.78, 5) is 2.48. The Kier molecular flexibility index (Phi) is 2.37. The Morgan fingerprint density at radius 1 is 1.50 bits per heavy atom. The van der Waals surface area contributed by atoms with Crippen molar-refractivity contribution in [1.29, 1.82) is 0 Å². The molecule has 2 heteroatoms. The molecule has 2 fully saturated rings. The Morgan fingerprint density at radius 3 is 3.08 bits per heavy atom. The molecule has 0 spiro atoms. The van der Waals surface area contributed by atoms with Crippen molar-refractivity contribution in [2.75, 3.05) is 13.1 Å². The first-order chi connectivity index (χ1) is 5.81. The number of hydrogen-bond donors (Lipinski definition) is 1. The van der Waals surface area contributed by atoms with Crippen LogP contribution in [0.25, 0.3) is 0 Å². The van der Waals surface area contributed by atoms with Crippen LogP contribution in [0.5, 0.6) is 0 Å². The summed E-state index contributed by atoms with van der Waals surface area (Å²) in [6, 6.07) is 0.722. The second-order valence-corrected chi connectivity index (χ2v) is 4.29. The van der Waals surface area contributed by atoms with Gasteiger partial charge in [-0.05, 0) is 31.7 Å². The summed E-state index contributed by atoms with van der Waals surface area (Å²) in [6.07, 6.45) is 5.02. The third kappa shape index (κ3) is 1.38. The normalized spacial score (nSPS) is 42.0. The number of hydrogen-bond acceptors (Lipinski definition) is 2. The summed E-state index contributed by atoms with van der Waals surface area (Å²) in [7, 11) is 0. The van der Waals surface area contributed by atoms with E-state index in [2.05, 4.69) is 11.8 Å². The van der Waals surface area contributed by atoms with E-state index in [1.165, 1.54) is 25.8 Å². The highest BCUT2D eigenvalue weighted by molar-refractivity contribution is 4.94. The average molecular weight is 169 g/mol. The SMILES string of the molecule is CCC[C@H]1CCN2C[C@H](O)CC12. The maximum Gasteiger partial charge on any atom is 0.0682 e. The van der Waals surface area contributed by atoms with Gasteiger partial charge in [-0.1, -0.05) is 13.3 Å². The molecule has 0 aromatic heterocycles. The number of aliphatic hydroxyl groups excluding tert-OH is 1. The molecule has 0 aromatic carbocycles. The standard InChI is InChI=1S/C10H19NO/c1-2-3-8-4-5-11-7-9(12)6-10(8)11/h8-10,12H,2-7H2,1H3/t8-,9+,10?/m0/s1. The zero-order valence-corrected chi connectivity index (χ0v) is 7.87. The van der Waals surface area contributed by atoms with E-state index in [1.807, 2.05) is 0 Å². The van der Waals surface area contributed by atoms with Gasteiger partial charge < -0.3 is 5.11 Å². The zero-order chi connectivity index (χ0) is 8.55. The molecular weight excluding hydrogens is 150 g/mol. The summed E-state index contributed by atoms with van der Waals surface area (Å²) in [6.45, 7) is 4.42. The smallest absolute Gasteiger partial charge is 0.0682 e. The largest absolute Gasteiger partial charge is 0.392 e. The number of aliphatic hydroxyl groups is 1. The van der Waals surface area contributed by atoms with Crippen molar-refractivity contribution < 1.29 is 5.11 Å². The molecule has 2 nitrogen and oxygen atoms in total. The van der Waals surface area contributed by atoms with Gasteiger partial charge in [0.1, 0.15) is 0 Å². The topological polar surface area (TPSA) is 23.5 Å². The first-order valence-electron chi connectivity index (χ1n) is 5.23. The summed E-state index contributed by atoms with van der Waals surface area (Å²) >= 11 is 0. The maximum atomic E-state index is 9.48. The van der Waals surface area contributed by atoms with Crippen molar-refractivity contribution in [3.63, 3.8) is 0 Å². The minimum Gasteiger partial charge on any atom is -0.392 e. The molecule has 0 saturated carbocycles. The quantitative estimate of drug-likeness (QED) is 0.672. The average Bonchev–Trinajstić information content (AvgIpc) is 2.52. The van der Waals surface area contributed by atoms with Crippen LogP contribution in [0.1, 0.15) is 32.6 Å². The number of nitrogens with zero attached hydrogens (tertiary/aromatic N) is 1. The monoisotopic (exact) mass is 169 g/mol. The van der Waals surface area contributed by atoms with Crippen LogP contribution in [-0.4, -0.2) is 35.2 Å². The molecule has 2 rings (SSSR count). The van der Waals surface area contributed by atoms with Crippen molar-refractivity contribution >= 4 is 0 Å². The second kappa shape index (κ2) is 3.35. The number of rotatable bonds is 2. The Labute approximate surface area is 74.6 Å². The fourth-order valence-corrected chi connectivity index (χ4v) is 2.89. The lowest BCUT2D eigenvalue weighted by Crippen LogP contribution is -2.26. The van der Waals surface area contributed by atoms with E-state index in [0.717, 1.165) is 24.9 Å². The van der Waals surface area contributed by atoms with Gasteiger partial charge in [-0.3, -0.25) is 4.90 Å². The third-order valence-corrected chi connectivity index (χ3v) is 3.42. The lowest BCUT2D eigenvalue weighted by Gasteiger charge is -2.18. The molecule has 3 atom stereocenters. The maximum absolute atomic E-state index is 9.48. The van der Waals surface area contributed by atoms with Gasteiger partial charge in [0.15, 0.2) is 0 Å². The van der Waals surface area contributed by atoms with Crippen molar-refractivity contribution in [3.05, 3.63) is 0 Å². The van der Waals surface area contributed by atoms with E-state index in [4.69, 9.17) is 0 Å². The van der Waals surface area contributed by atoms with Crippen LogP contribution in [-0.2, 0) is 0 Å². The van der Waals surface area contributed by atoms with E-state index in [0.29, 0.717) is 0 Å². The molecular formula is C10H19NO. The Hall–Kier alpha value is -0.0800. The zero-order valence-electron chi connectivity index (χ0n) is 7.87. The molecule has 70 valence electrons. The van der Waals surface area contributed by atoms with Gasteiger partial charge in [0.2, 0.25) is 0 Å². The molecule has 2 heterocycles. The van der Waals surface area contributed by atoms with Crippen molar-refractivity contribution in [2.24, 2.45) is 5.92 Å². The van der Waals surface area contributed by atoms with Gasteiger partial charge in [0.05, 0.1) is 6.10 Å². The summed E-state index contributed by atoms with van der Waals surface area (Å²) in [5, 5.41) is 9.48. The second-order valence-electron chi connectivity index (χ2n) is 4.29. The molecule has 1 N–H and O–H groups in total. The van der Waals surface area contributed by atoms with Crippen LogP contribution in [0.2, 0.25) is 0 Å². The highest BCUT2D eigenvalue weighted by Crippen LogP contribution is 2.35. The van der Waals surface area contributed by atoms with Gasteiger partial charge in [-0.2, -0.15) is 0 Å². The Morgan fingerprint density at radius 2 is 2.33 bits per heavy atom. The first kappa shape index (κ1) is 8.52. The van der Waals surface area contributed by atoms with E-state index in [1.54, 1.807) is 0 Å². The molecule has 2 saturated heterocycles. The summed E-state index contributed by atoms with van der Waals surface area (Å²) in [5.41, 5.74) is 0. The minimum atomic E-state index is -0.0327. The van der Waals surface area contributed by atoms with E-state index in [9.17, 15) is 5.11 Å². The van der Waals surface area contributed by atoms with Crippen LogP contribution in [0, 0.1) is 5.92 Å². The third-order valence-electron chi connectivity index (χ3n) is 3.42. The van der Waals surface area contributed by atoms with Crippen LogP contribution in [0.4, 0.5) is 0 Å². The van der Waals surface area contributed by atoms with Crippen LogP contribution >= 0.6 is 0 Å². The highest BCUT2D eigenvalue weighted by Gasteiger charge is 2.40. The molecule has 0 radical (unpaired) electrons. The number of fused-ring (bicyclic) bond motifs is 1. The summed E-state index contributed by atoms with van der Waals surface area (Å²) in [5.74, 6) is 0.882. The van der Waals surface area contributed by atoms with Gasteiger partial charge >= 0.3 is 0 Å². The highest BCUT2D eigenvalue weighted by atomic mass is 16.3. The predicted octanol–water partition coefficient (Wildman–Crippen LogP) is 1.24. The van der Waals surface area contributed by atoms with Gasteiger partial charge in [-0.15, -0.1) is 0 Å². The molecule has 2 aliphatic heterocycles. The van der Waals surface area contributed by atoms with E-state index < -0.39 is 0 Å². The van der Waals surface area contributed by atoms with Gasteiger partial charge in [0.25, 0.3) is 0 Å². The van der Waals surface area contributed by atoms with Crippen LogP contribution < -0.4 is 0 Å². The van der Waals surface area contributed by atoms with Crippen molar-refractivity contribution in [3.8, 4) is 0 Å². The van der Waals surface area contributed by atoms with Crippen LogP contribution in [0.3, 0.4) is 0 Å². The molecule has 1 unspecified atom stereocenters. The fourth-order valence-electron chi connectivity index (χ4n) is 2.89. The lowest BCUT2D eigenvalue weighted by atomic mass is 9.93. The van der Waals surface area contributed by atoms with Gasteiger partial charge in [0, 0.05) is 12.6 Å².